The van der Waals surface area contributed by atoms with E-state index in [0.717, 1.165) is 12.0 Å². The fourth-order valence-corrected chi connectivity index (χ4v) is 2.82. The predicted octanol–water partition coefficient (Wildman–Crippen LogP) is 3.62. The number of aliphatic hydroxyl groups is 1. The average Bonchev–Trinajstić information content (AvgIpc) is 2.64. The second kappa shape index (κ2) is 5.44. The van der Waals surface area contributed by atoms with E-state index < -0.39 is 11.9 Å². The summed E-state index contributed by atoms with van der Waals surface area (Å²) in [5, 5.41) is 10.3. The minimum atomic E-state index is -0.531. The lowest BCUT2D eigenvalue weighted by Gasteiger charge is -2.25. The molecule has 2 unspecified atom stereocenters. The second-order valence-electron chi connectivity index (χ2n) is 6.89. The van der Waals surface area contributed by atoms with E-state index in [4.69, 9.17) is 4.42 Å². The van der Waals surface area contributed by atoms with Gasteiger partial charge in [0, 0.05) is 0 Å². The Balaban J connectivity index is 2.10. The molecule has 2 rings (SSSR count). The van der Waals surface area contributed by atoms with Gasteiger partial charge in [0.1, 0.15) is 0 Å². The molecule has 0 saturated heterocycles. The molecule has 1 heterocycles. The van der Waals surface area contributed by atoms with Crippen LogP contribution < -0.4 is 5.76 Å². The molecule has 0 aliphatic carbocycles. The van der Waals surface area contributed by atoms with Gasteiger partial charge in [-0.1, -0.05) is 33.8 Å². The van der Waals surface area contributed by atoms with E-state index in [2.05, 4.69) is 32.7 Å². The van der Waals surface area contributed by atoms with Gasteiger partial charge in [0.15, 0.2) is 5.58 Å². The van der Waals surface area contributed by atoms with Gasteiger partial charge in [-0.25, -0.2) is 4.79 Å². The Morgan fingerprint density at radius 1 is 1.35 bits per heavy atom. The van der Waals surface area contributed by atoms with Crippen molar-refractivity contribution in [1.82, 2.24) is 4.98 Å². The van der Waals surface area contributed by atoms with Crippen molar-refractivity contribution in [3.8, 4) is 0 Å². The van der Waals surface area contributed by atoms with Gasteiger partial charge in [-0.2, -0.15) is 0 Å². The van der Waals surface area contributed by atoms with Gasteiger partial charge in [-0.15, -0.1) is 0 Å². The molecule has 2 N–H and O–H groups in total. The fourth-order valence-electron chi connectivity index (χ4n) is 2.82. The summed E-state index contributed by atoms with van der Waals surface area (Å²) in [5.74, 6) is -0.0355. The quantitative estimate of drug-likeness (QED) is 0.897. The summed E-state index contributed by atoms with van der Waals surface area (Å²) in [6.45, 7) is 8.77. The summed E-state index contributed by atoms with van der Waals surface area (Å²) in [7, 11) is 0. The van der Waals surface area contributed by atoms with Crippen LogP contribution in [0.4, 0.5) is 0 Å². The predicted molar refractivity (Wildman–Crippen MR) is 79.6 cm³/mol. The molecule has 1 aromatic heterocycles. The standard InChI is InChI=1S/C16H23NO3/c1-10(9-16(2,3)4)7-13(18)11-5-6-12-14(8-11)20-15(19)17-12/h5-6,8,10,13,18H,7,9H2,1-4H3,(H,17,19). The Bertz CT molecular complexity index is 633. The van der Waals surface area contributed by atoms with Crippen molar-refractivity contribution in [3.63, 3.8) is 0 Å². The van der Waals surface area contributed by atoms with Crippen LogP contribution in [0, 0.1) is 11.3 Å². The summed E-state index contributed by atoms with van der Waals surface area (Å²) < 4.78 is 5.02. The topological polar surface area (TPSA) is 66.2 Å². The molecule has 110 valence electrons. The van der Waals surface area contributed by atoms with Crippen LogP contribution in [-0.4, -0.2) is 10.1 Å². The van der Waals surface area contributed by atoms with Gasteiger partial charge in [0.05, 0.1) is 11.6 Å². The minimum Gasteiger partial charge on any atom is -0.408 e. The molecule has 4 nitrogen and oxygen atoms in total. The molecule has 0 aliphatic heterocycles. The molecule has 0 aliphatic rings. The Kier molecular flexibility index (Phi) is 4.04. The molecule has 0 amide bonds. The van der Waals surface area contributed by atoms with Gasteiger partial charge in [-0.3, -0.25) is 4.98 Å². The maximum absolute atomic E-state index is 11.1. The highest BCUT2D eigenvalue weighted by Crippen LogP contribution is 2.31. The molecule has 2 atom stereocenters. The van der Waals surface area contributed by atoms with Crippen LogP contribution in [0.2, 0.25) is 0 Å². The zero-order valence-corrected chi connectivity index (χ0v) is 12.6. The first-order valence-electron chi connectivity index (χ1n) is 7.05. The lowest BCUT2D eigenvalue weighted by Crippen LogP contribution is -2.13. The molecular formula is C16H23NO3. The first kappa shape index (κ1) is 14.9. The Morgan fingerprint density at radius 2 is 2.05 bits per heavy atom. The van der Waals surface area contributed by atoms with Crippen LogP contribution in [0.3, 0.4) is 0 Å². The number of H-pyrrole nitrogens is 1. The highest BCUT2D eigenvalue weighted by atomic mass is 16.4. The number of aliphatic hydroxyl groups excluding tert-OH is 1. The molecule has 20 heavy (non-hydrogen) atoms. The summed E-state index contributed by atoms with van der Waals surface area (Å²) >= 11 is 0. The van der Waals surface area contributed by atoms with Crippen molar-refractivity contribution >= 4 is 11.1 Å². The molecule has 1 aromatic carbocycles. The number of hydrogen-bond donors (Lipinski definition) is 2. The molecular weight excluding hydrogens is 254 g/mol. The van der Waals surface area contributed by atoms with Crippen molar-refractivity contribution in [2.24, 2.45) is 11.3 Å². The Labute approximate surface area is 118 Å². The van der Waals surface area contributed by atoms with Crippen LogP contribution in [0.5, 0.6) is 0 Å². The van der Waals surface area contributed by atoms with Gasteiger partial charge >= 0.3 is 5.76 Å². The highest BCUT2D eigenvalue weighted by molar-refractivity contribution is 5.72. The number of fused-ring (bicyclic) bond motifs is 1. The van der Waals surface area contributed by atoms with Crippen molar-refractivity contribution in [2.75, 3.05) is 0 Å². The van der Waals surface area contributed by atoms with Crippen molar-refractivity contribution in [3.05, 3.63) is 34.3 Å². The monoisotopic (exact) mass is 277 g/mol. The van der Waals surface area contributed by atoms with Crippen LogP contribution in [0.25, 0.3) is 11.1 Å². The summed E-state index contributed by atoms with van der Waals surface area (Å²) in [5.41, 5.74) is 2.21. The van der Waals surface area contributed by atoms with Gasteiger partial charge < -0.3 is 9.52 Å². The number of aromatic nitrogens is 1. The molecule has 0 spiro atoms. The van der Waals surface area contributed by atoms with E-state index in [0.29, 0.717) is 23.4 Å². The number of aromatic amines is 1. The normalized spacial score (nSPS) is 15.4. The summed E-state index contributed by atoms with van der Waals surface area (Å²) in [6, 6.07) is 5.34. The molecule has 2 aromatic rings. The van der Waals surface area contributed by atoms with Crippen molar-refractivity contribution in [1.29, 1.82) is 0 Å². The average molecular weight is 277 g/mol. The van der Waals surface area contributed by atoms with Crippen LogP contribution >= 0.6 is 0 Å². The van der Waals surface area contributed by atoms with E-state index >= 15 is 0 Å². The SMILES string of the molecule is CC(CC(O)c1ccc2[nH]c(=O)oc2c1)CC(C)(C)C. The lowest BCUT2D eigenvalue weighted by molar-refractivity contribution is 0.134. The van der Waals surface area contributed by atoms with Gasteiger partial charge in [0.25, 0.3) is 0 Å². The zero-order chi connectivity index (χ0) is 14.9. The minimum absolute atomic E-state index is 0.260. The maximum atomic E-state index is 11.1. The summed E-state index contributed by atoms with van der Waals surface area (Å²) in [6.07, 6.45) is 1.24. The van der Waals surface area contributed by atoms with E-state index in [-0.39, 0.29) is 5.41 Å². The smallest absolute Gasteiger partial charge is 0.408 e. The Hall–Kier alpha value is -1.55. The van der Waals surface area contributed by atoms with Crippen LogP contribution in [-0.2, 0) is 0 Å². The first-order chi connectivity index (χ1) is 9.24. The van der Waals surface area contributed by atoms with Crippen LogP contribution in [0.15, 0.2) is 27.4 Å². The number of nitrogens with one attached hydrogen (secondary N) is 1. The van der Waals surface area contributed by atoms with E-state index in [1.165, 1.54) is 0 Å². The number of hydrogen-bond acceptors (Lipinski definition) is 3. The maximum Gasteiger partial charge on any atom is 0.417 e. The number of benzene rings is 1. The largest absolute Gasteiger partial charge is 0.417 e. The third kappa shape index (κ3) is 3.73. The summed E-state index contributed by atoms with van der Waals surface area (Å²) in [4.78, 5) is 13.7. The third-order valence-electron chi connectivity index (χ3n) is 3.42. The Morgan fingerprint density at radius 3 is 2.70 bits per heavy atom. The third-order valence-corrected chi connectivity index (χ3v) is 3.42. The van der Waals surface area contributed by atoms with Crippen molar-refractivity contribution in [2.45, 2.75) is 46.6 Å². The van der Waals surface area contributed by atoms with Crippen molar-refractivity contribution < 1.29 is 9.52 Å². The molecule has 4 heteroatoms. The molecule has 0 saturated carbocycles. The van der Waals surface area contributed by atoms with Crippen LogP contribution in [0.1, 0.15) is 52.2 Å². The van der Waals surface area contributed by atoms with E-state index in [1.54, 1.807) is 12.1 Å². The van der Waals surface area contributed by atoms with Gasteiger partial charge in [0.2, 0.25) is 0 Å². The van der Waals surface area contributed by atoms with E-state index in [9.17, 15) is 9.90 Å². The molecule has 0 fully saturated rings. The lowest BCUT2D eigenvalue weighted by atomic mass is 9.82. The van der Waals surface area contributed by atoms with E-state index in [1.807, 2.05) is 6.07 Å². The highest BCUT2D eigenvalue weighted by Gasteiger charge is 2.19. The first-order valence-corrected chi connectivity index (χ1v) is 7.05. The second-order valence-corrected chi connectivity index (χ2v) is 6.89. The zero-order valence-electron chi connectivity index (χ0n) is 12.6. The molecule has 0 radical (unpaired) electrons. The number of rotatable bonds is 4. The fraction of sp³-hybridized carbons (Fsp3) is 0.562. The number of oxazole rings is 1. The van der Waals surface area contributed by atoms with Gasteiger partial charge in [-0.05, 0) is 41.9 Å². The molecule has 0 bridgehead atoms.